The highest BCUT2D eigenvalue weighted by molar-refractivity contribution is 6.08. The fourth-order valence-corrected chi connectivity index (χ4v) is 5.08. The predicted octanol–water partition coefficient (Wildman–Crippen LogP) is 3.66. The third-order valence-corrected chi connectivity index (χ3v) is 6.74. The molecule has 2 aromatic rings. The van der Waals surface area contributed by atoms with Gasteiger partial charge in [-0.05, 0) is 79.0 Å². The molecule has 0 saturated heterocycles. The molecule has 0 bridgehead atoms. The first kappa shape index (κ1) is 18.8. The van der Waals surface area contributed by atoms with Gasteiger partial charge in [-0.1, -0.05) is 54.3 Å². The number of fused-ring (bicyclic) bond motifs is 1. The summed E-state index contributed by atoms with van der Waals surface area (Å²) in [5.74, 6) is 1.22. The number of rotatable bonds is 5. The lowest BCUT2D eigenvalue weighted by molar-refractivity contribution is 0.198. The number of hydrogen-bond acceptors (Lipinski definition) is 2. The lowest BCUT2D eigenvalue weighted by atomic mass is 9.79. The molecule has 2 nitrogen and oxygen atoms in total. The summed E-state index contributed by atoms with van der Waals surface area (Å²) < 4.78 is 0. The summed E-state index contributed by atoms with van der Waals surface area (Å²) in [6.07, 6.45) is 8.28. The van der Waals surface area contributed by atoms with Gasteiger partial charge in [0, 0.05) is 5.54 Å². The molecule has 4 rings (SSSR count). The molecule has 0 aliphatic heterocycles. The molecular weight excluding hydrogens is 329 g/mol. The summed E-state index contributed by atoms with van der Waals surface area (Å²) in [5, 5.41) is 9.53. The number of aliphatic hydroxyl groups is 1. The zero-order valence-corrected chi connectivity index (χ0v) is 16.2. The van der Waals surface area contributed by atoms with E-state index >= 15 is 0 Å². The molecule has 0 amide bonds. The van der Waals surface area contributed by atoms with E-state index in [-0.39, 0.29) is 12.1 Å². The van der Waals surface area contributed by atoms with Crippen LogP contribution in [-0.2, 0) is 25.6 Å². The Bertz CT molecular complexity index is 805. The van der Waals surface area contributed by atoms with E-state index in [1.165, 1.54) is 47.1 Å². The van der Waals surface area contributed by atoms with E-state index in [1.54, 1.807) is 0 Å². The van der Waals surface area contributed by atoms with Gasteiger partial charge in [0.25, 0.3) is 0 Å². The molecule has 3 heteroatoms. The minimum atomic E-state index is -0.371. The predicted molar refractivity (Wildman–Crippen MR) is 112 cm³/mol. The first-order valence-electron chi connectivity index (χ1n) is 10.4. The maximum Gasteiger partial charge on any atom is 0.0716 e. The van der Waals surface area contributed by atoms with Crippen LogP contribution in [0.5, 0.6) is 0 Å². The summed E-state index contributed by atoms with van der Waals surface area (Å²) in [6, 6.07) is 15.8. The molecule has 0 heterocycles. The Balaban J connectivity index is 1.43. The van der Waals surface area contributed by atoms with Crippen LogP contribution < -0.4 is 5.73 Å². The minimum absolute atomic E-state index is 0.0987. The number of aliphatic hydroxyl groups excluding tert-OH is 1. The highest BCUT2D eigenvalue weighted by atomic mass is 16.3. The van der Waals surface area contributed by atoms with Gasteiger partial charge in [-0.15, -0.1) is 0 Å². The highest BCUT2D eigenvalue weighted by Gasteiger charge is 2.36. The fraction of sp³-hybridized carbons (Fsp3) is 0.500. The van der Waals surface area contributed by atoms with Gasteiger partial charge in [-0.25, -0.2) is 0 Å². The van der Waals surface area contributed by atoms with Crippen molar-refractivity contribution in [3.8, 4) is 0 Å². The van der Waals surface area contributed by atoms with Gasteiger partial charge in [0.1, 0.15) is 0 Å². The van der Waals surface area contributed by atoms with Crippen LogP contribution in [0.4, 0.5) is 0 Å². The van der Waals surface area contributed by atoms with Crippen molar-refractivity contribution < 1.29 is 5.11 Å². The smallest absolute Gasteiger partial charge is 0.0716 e. The minimum Gasteiger partial charge on any atom is -0.394 e. The Morgan fingerprint density at radius 3 is 2.70 bits per heavy atom. The van der Waals surface area contributed by atoms with Gasteiger partial charge in [0.2, 0.25) is 0 Å². The average Bonchev–Trinajstić information content (AvgIpc) is 3.10. The molecule has 2 aliphatic carbocycles. The molecular formula is C24H30BNO. The van der Waals surface area contributed by atoms with Gasteiger partial charge in [-0.2, -0.15) is 0 Å². The van der Waals surface area contributed by atoms with Crippen LogP contribution in [0.2, 0.25) is 0 Å². The van der Waals surface area contributed by atoms with Crippen LogP contribution in [0, 0.1) is 5.92 Å². The average molecular weight is 359 g/mol. The Labute approximate surface area is 164 Å². The van der Waals surface area contributed by atoms with E-state index in [1.807, 2.05) is 0 Å². The molecule has 0 unspecified atom stereocenters. The molecule has 0 aromatic heterocycles. The Morgan fingerprint density at radius 2 is 1.93 bits per heavy atom. The molecule has 3 atom stereocenters. The number of hydrogen-bond donors (Lipinski definition) is 2. The van der Waals surface area contributed by atoms with Gasteiger partial charge in [0.05, 0.1) is 14.5 Å². The monoisotopic (exact) mass is 359 g/mol. The molecule has 2 aliphatic rings. The van der Waals surface area contributed by atoms with Crippen LogP contribution >= 0.6 is 0 Å². The van der Waals surface area contributed by atoms with Crippen molar-refractivity contribution in [2.24, 2.45) is 11.7 Å². The normalized spacial score (nSPS) is 27.5. The Hall–Kier alpha value is -1.58. The number of benzene rings is 2. The molecule has 1 fully saturated rings. The Kier molecular flexibility index (Phi) is 5.43. The van der Waals surface area contributed by atoms with Crippen molar-refractivity contribution in [1.82, 2.24) is 0 Å². The molecule has 0 spiro atoms. The molecule has 2 aromatic carbocycles. The summed E-state index contributed by atoms with van der Waals surface area (Å²) in [7, 11) is 5.78. The van der Waals surface area contributed by atoms with Crippen molar-refractivity contribution in [3.63, 3.8) is 0 Å². The number of nitrogens with two attached hydrogens (primary N) is 1. The van der Waals surface area contributed by atoms with Crippen molar-refractivity contribution in [2.45, 2.75) is 62.7 Å². The summed E-state index contributed by atoms with van der Waals surface area (Å²) >= 11 is 0. The second-order valence-corrected chi connectivity index (χ2v) is 8.83. The lowest BCUT2D eigenvalue weighted by Crippen LogP contribution is -2.40. The van der Waals surface area contributed by atoms with E-state index in [0.717, 1.165) is 25.7 Å². The standard InChI is InChI=1S/C24H30BNO/c25-15-19-3-1-2-17(11-19)10-18-4-5-21-13-22(7-6-20(21)12-18)23-8-9-24(26,14-23)16-27/h1-3,6-7,11,13,18,23,27H,4-5,8-10,12,14-16,26H2/t18-,23-,24+/m0/s1. The van der Waals surface area contributed by atoms with Crippen LogP contribution in [0.1, 0.15) is 59.4 Å². The molecule has 1 saturated carbocycles. The first-order chi connectivity index (χ1) is 13.1. The SMILES string of the molecule is [B]Cc1cccc(C[C@@H]2CCc3cc([C@H]4CC[C@](N)(CO)C4)ccc3C2)c1. The first-order valence-corrected chi connectivity index (χ1v) is 10.4. The molecule has 2 radical (unpaired) electrons. The second-order valence-electron chi connectivity index (χ2n) is 8.83. The fourth-order valence-electron chi connectivity index (χ4n) is 5.08. The summed E-state index contributed by atoms with van der Waals surface area (Å²) in [6.45, 7) is 0.0987. The summed E-state index contributed by atoms with van der Waals surface area (Å²) in [4.78, 5) is 0. The van der Waals surface area contributed by atoms with E-state index in [4.69, 9.17) is 13.6 Å². The van der Waals surface area contributed by atoms with Gasteiger partial charge < -0.3 is 10.8 Å². The van der Waals surface area contributed by atoms with Crippen molar-refractivity contribution >= 4 is 7.85 Å². The second kappa shape index (κ2) is 7.81. The van der Waals surface area contributed by atoms with Crippen LogP contribution in [0.3, 0.4) is 0 Å². The van der Waals surface area contributed by atoms with Gasteiger partial charge in [0.15, 0.2) is 0 Å². The van der Waals surface area contributed by atoms with Crippen molar-refractivity contribution in [1.29, 1.82) is 0 Å². The molecule has 140 valence electrons. The number of aryl methyl sites for hydroxylation is 1. The quantitative estimate of drug-likeness (QED) is 0.801. The van der Waals surface area contributed by atoms with E-state index in [9.17, 15) is 5.11 Å². The van der Waals surface area contributed by atoms with Crippen molar-refractivity contribution in [2.75, 3.05) is 6.61 Å². The lowest BCUT2D eigenvalue weighted by Gasteiger charge is -2.26. The largest absolute Gasteiger partial charge is 0.394 e. The zero-order chi connectivity index (χ0) is 18.9. The van der Waals surface area contributed by atoms with E-state index < -0.39 is 0 Å². The summed E-state index contributed by atoms with van der Waals surface area (Å²) in [5.41, 5.74) is 13.0. The van der Waals surface area contributed by atoms with Gasteiger partial charge in [-0.3, -0.25) is 0 Å². The Morgan fingerprint density at radius 1 is 1.07 bits per heavy atom. The van der Waals surface area contributed by atoms with Crippen LogP contribution in [0.25, 0.3) is 0 Å². The van der Waals surface area contributed by atoms with Crippen LogP contribution in [0.15, 0.2) is 42.5 Å². The maximum atomic E-state index is 9.53. The third-order valence-electron chi connectivity index (χ3n) is 6.74. The van der Waals surface area contributed by atoms with E-state index in [0.29, 0.717) is 18.2 Å². The topological polar surface area (TPSA) is 46.2 Å². The van der Waals surface area contributed by atoms with Crippen LogP contribution in [-0.4, -0.2) is 25.1 Å². The maximum absolute atomic E-state index is 9.53. The van der Waals surface area contributed by atoms with Gasteiger partial charge >= 0.3 is 0 Å². The zero-order valence-electron chi connectivity index (χ0n) is 16.2. The third kappa shape index (κ3) is 4.15. The molecule has 3 N–H and O–H groups in total. The van der Waals surface area contributed by atoms with Crippen molar-refractivity contribution in [3.05, 3.63) is 70.3 Å². The highest BCUT2D eigenvalue weighted by Crippen LogP contribution is 2.40. The molecule has 27 heavy (non-hydrogen) atoms. The van der Waals surface area contributed by atoms with E-state index in [2.05, 4.69) is 42.5 Å².